The van der Waals surface area contributed by atoms with Gasteiger partial charge >= 0.3 is 0 Å². The summed E-state index contributed by atoms with van der Waals surface area (Å²) in [5, 5.41) is 11.8. The number of rotatable bonds is 5. The minimum atomic E-state index is -0.459. The molecule has 1 amide bonds. The number of amides is 1. The van der Waals surface area contributed by atoms with E-state index in [9.17, 15) is 9.59 Å². The van der Waals surface area contributed by atoms with Crippen molar-refractivity contribution in [3.05, 3.63) is 40.8 Å². The van der Waals surface area contributed by atoms with Crippen molar-refractivity contribution < 1.29 is 9.90 Å². The molecule has 6 nitrogen and oxygen atoms in total. The number of aliphatic hydroxyl groups excluding tert-OH is 1. The van der Waals surface area contributed by atoms with Gasteiger partial charge < -0.3 is 10.4 Å². The highest BCUT2D eigenvalue weighted by molar-refractivity contribution is 5.79. The van der Waals surface area contributed by atoms with Gasteiger partial charge in [-0.15, -0.1) is 0 Å². The molecule has 1 heterocycles. The summed E-state index contributed by atoms with van der Waals surface area (Å²) in [4.78, 5) is 27.7. The van der Waals surface area contributed by atoms with E-state index in [1.54, 1.807) is 25.1 Å². The van der Waals surface area contributed by atoms with E-state index < -0.39 is 6.10 Å². The van der Waals surface area contributed by atoms with Crippen LogP contribution in [0, 0.1) is 0 Å². The number of nitrogens with zero attached hydrogens (tertiary/aromatic N) is 2. The summed E-state index contributed by atoms with van der Waals surface area (Å²) < 4.78 is 1.39. The maximum absolute atomic E-state index is 11.8. The molecule has 20 heavy (non-hydrogen) atoms. The third-order valence-corrected chi connectivity index (χ3v) is 2.94. The van der Waals surface area contributed by atoms with Crippen LogP contribution in [0.1, 0.15) is 13.3 Å². The Bertz CT molecular complexity index is 664. The monoisotopic (exact) mass is 275 g/mol. The Morgan fingerprint density at radius 1 is 1.45 bits per heavy atom. The Morgan fingerprint density at radius 2 is 2.20 bits per heavy atom. The Balaban J connectivity index is 2.15. The van der Waals surface area contributed by atoms with Gasteiger partial charge in [-0.25, -0.2) is 4.98 Å². The summed E-state index contributed by atoms with van der Waals surface area (Å²) in [6.45, 7) is 1.99. The van der Waals surface area contributed by atoms with E-state index in [0.717, 1.165) is 0 Å². The predicted octanol–water partition coefficient (Wildman–Crippen LogP) is 0.284. The third-order valence-electron chi connectivity index (χ3n) is 2.94. The largest absolute Gasteiger partial charge is 0.393 e. The van der Waals surface area contributed by atoms with Gasteiger partial charge in [0.25, 0.3) is 5.56 Å². The molecule has 0 fully saturated rings. The van der Waals surface area contributed by atoms with Gasteiger partial charge in [-0.1, -0.05) is 12.1 Å². The van der Waals surface area contributed by atoms with E-state index in [2.05, 4.69) is 10.3 Å². The number of hydrogen-bond donors (Lipinski definition) is 2. The molecule has 1 aromatic carbocycles. The Labute approximate surface area is 116 Å². The molecule has 6 heteroatoms. The number of aliphatic hydroxyl groups is 1. The second kappa shape index (κ2) is 6.29. The van der Waals surface area contributed by atoms with E-state index >= 15 is 0 Å². The summed E-state index contributed by atoms with van der Waals surface area (Å²) in [5.74, 6) is -0.260. The quantitative estimate of drug-likeness (QED) is 0.821. The first kappa shape index (κ1) is 14.2. The van der Waals surface area contributed by atoms with Gasteiger partial charge in [-0.3, -0.25) is 14.2 Å². The molecule has 0 aliphatic rings. The minimum Gasteiger partial charge on any atom is -0.393 e. The van der Waals surface area contributed by atoms with Crippen LogP contribution in [-0.2, 0) is 11.3 Å². The highest BCUT2D eigenvalue weighted by atomic mass is 16.3. The summed E-state index contributed by atoms with van der Waals surface area (Å²) in [5.41, 5.74) is 0.990. The molecule has 0 spiro atoms. The lowest BCUT2D eigenvalue weighted by Crippen LogP contribution is -2.33. The fraction of sp³-hybridized carbons (Fsp3) is 0.357. The molecule has 2 aromatic rings. The van der Waals surface area contributed by atoms with Gasteiger partial charge in [0.15, 0.2) is 0 Å². The molecule has 0 aliphatic heterocycles. The highest BCUT2D eigenvalue weighted by Crippen LogP contribution is 2.07. The lowest BCUT2D eigenvalue weighted by Gasteiger charge is -2.10. The van der Waals surface area contributed by atoms with Crippen molar-refractivity contribution in [3.63, 3.8) is 0 Å². The number of para-hydroxylation sites is 2. The molecule has 1 aromatic heterocycles. The van der Waals surface area contributed by atoms with Crippen LogP contribution in [0.3, 0.4) is 0 Å². The lowest BCUT2D eigenvalue weighted by atomic mass is 10.3. The molecule has 0 bridgehead atoms. The van der Waals surface area contributed by atoms with Crippen molar-refractivity contribution in [3.8, 4) is 0 Å². The molecule has 106 valence electrons. The topological polar surface area (TPSA) is 84.2 Å². The molecule has 1 unspecified atom stereocenters. The fourth-order valence-electron chi connectivity index (χ4n) is 1.90. The van der Waals surface area contributed by atoms with Crippen LogP contribution >= 0.6 is 0 Å². The average Bonchev–Trinajstić information content (AvgIpc) is 2.41. The zero-order valence-electron chi connectivity index (χ0n) is 11.2. The lowest BCUT2D eigenvalue weighted by molar-refractivity contribution is -0.121. The second-order valence-electron chi connectivity index (χ2n) is 4.66. The maximum Gasteiger partial charge on any atom is 0.269 e. The molecule has 2 rings (SSSR count). The van der Waals surface area contributed by atoms with Gasteiger partial charge in [0, 0.05) is 6.54 Å². The number of carbonyl (C=O) groups is 1. The van der Waals surface area contributed by atoms with Crippen LogP contribution in [0.15, 0.2) is 35.3 Å². The standard InChI is InChI=1S/C14H17N3O3/c1-10(18)6-7-15-13(19)9-17-12-5-3-2-4-11(12)16-8-14(17)20/h2-5,8,10,18H,6-7,9H2,1H3,(H,15,19). The van der Waals surface area contributed by atoms with Crippen molar-refractivity contribution in [1.29, 1.82) is 0 Å². The molecule has 0 saturated heterocycles. The molecular formula is C14H17N3O3. The number of nitrogens with one attached hydrogen (secondary N) is 1. The van der Waals surface area contributed by atoms with Gasteiger partial charge in [0.05, 0.1) is 23.3 Å². The number of fused-ring (bicyclic) bond motifs is 1. The van der Waals surface area contributed by atoms with Gasteiger partial charge in [0.1, 0.15) is 6.54 Å². The van der Waals surface area contributed by atoms with E-state index in [1.807, 2.05) is 6.07 Å². The maximum atomic E-state index is 11.8. The van der Waals surface area contributed by atoms with Gasteiger partial charge in [0.2, 0.25) is 5.91 Å². The summed E-state index contributed by atoms with van der Waals surface area (Å²) >= 11 is 0. The van der Waals surface area contributed by atoms with E-state index in [4.69, 9.17) is 5.11 Å². The van der Waals surface area contributed by atoms with E-state index in [-0.39, 0.29) is 18.0 Å². The Kier molecular flexibility index (Phi) is 4.47. The number of hydrogen-bond acceptors (Lipinski definition) is 4. The average molecular weight is 275 g/mol. The third kappa shape index (κ3) is 3.42. The van der Waals surface area contributed by atoms with E-state index in [1.165, 1.54) is 10.8 Å². The van der Waals surface area contributed by atoms with Crippen LogP contribution < -0.4 is 10.9 Å². The number of benzene rings is 1. The SMILES string of the molecule is CC(O)CCNC(=O)Cn1c(=O)cnc2ccccc21. The molecular weight excluding hydrogens is 258 g/mol. The summed E-state index contributed by atoms with van der Waals surface area (Å²) in [6, 6.07) is 7.17. The van der Waals surface area contributed by atoms with Crippen LogP contribution in [0.5, 0.6) is 0 Å². The molecule has 0 radical (unpaired) electrons. The second-order valence-corrected chi connectivity index (χ2v) is 4.66. The molecule has 1 atom stereocenters. The van der Waals surface area contributed by atoms with Crippen molar-refractivity contribution in [1.82, 2.24) is 14.9 Å². The minimum absolute atomic E-state index is 0.0539. The summed E-state index contributed by atoms with van der Waals surface area (Å²) in [6.07, 6.45) is 1.24. The van der Waals surface area contributed by atoms with Crippen molar-refractivity contribution >= 4 is 16.9 Å². The van der Waals surface area contributed by atoms with Crippen LogP contribution in [-0.4, -0.2) is 33.2 Å². The zero-order chi connectivity index (χ0) is 14.5. The van der Waals surface area contributed by atoms with Crippen LogP contribution in [0.2, 0.25) is 0 Å². The predicted molar refractivity (Wildman–Crippen MR) is 75.3 cm³/mol. The Hall–Kier alpha value is -2.21. The highest BCUT2D eigenvalue weighted by Gasteiger charge is 2.08. The first-order valence-electron chi connectivity index (χ1n) is 6.47. The normalized spacial score (nSPS) is 12.3. The zero-order valence-corrected chi connectivity index (χ0v) is 11.2. The molecule has 2 N–H and O–H groups in total. The van der Waals surface area contributed by atoms with Crippen LogP contribution in [0.4, 0.5) is 0 Å². The van der Waals surface area contributed by atoms with Gasteiger partial charge in [-0.2, -0.15) is 0 Å². The number of carbonyl (C=O) groups excluding carboxylic acids is 1. The van der Waals surface area contributed by atoms with Gasteiger partial charge in [-0.05, 0) is 25.5 Å². The van der Waals surface area contributed by atoms with Crippen molar-refractivity contribution in [2.45, 2.75) is 26.0 Å². The summed E-state index contributed by atoms with van der Waals surface area (Å²) in [7, 11) is 0. The molecule has 0 aliphatic carbocycles. The van der Waals surface area contributed by atoms with Crippen molar-refractivity contribution in [2.24, 2.45) is 0 Å². The Morgan fingerprint density at radius 3 is 2.95 bits per heavy atom. The first-order chi connectivity index (χ1) is 9.58. The fourth-order valence-corrected chi connectivity index (χ4v) is 1.90. The van der Waals surface area contributed by atoms with Crippen LogP contribution in [0.25, 0.3) is 11.0 Å². The van der Waals surface area contributed by atoms with Crippen molar-refractivity contribution in [2.75, 3.05) is 6.54 Å². The molecule has 0 saturated carbocycles. The first-order valence-corrected chi connectivity index (χ1v) is 6.47. The number of aromatic nitrogens is 2. The van der Waals surface area contributed by atoms with E-state index in [0.29, 0.717) is 24.0 Å². The smallest absolute Gasteiger partial charge is 0.269 e.